The minimum atomic E-state index is -0.441. The summed E-state index contributed by atoms with van der Waals surface area (Å²) in [5.41, 5.74) is 4.37. The minimum absolute atomic E-state index is 0.228. The van der Waals surface area contributed by atoms with Gasteiger partial charge in [0.15, 0.2) is 0 Å². The number of nitrogens with one attached hydrogen (secondary N) is 2. The number of esters is 1. The lowest BCUT2D eigenvalue weighted by atomic mass is 10.1. The first kappa shape index (κ1) is 23.6. The van der Waals surface area contributed by atoms with E-state index in [1.165, 1.54) is 7.11 Å². The van der Waals surface area contributed by atoms with Crippen LogP contribution < -0.4 is 14.8 Å². The maximum absolute atomic E-state index is 12.4. The second-order valence-electron chi connectivity index (χ2n) is 7.66. The number of amides is 1. The fourth-order valence-corrected chi connectivity index (χ4v) is 3.57. The predicted octanol–water partition coefficient (Wildman–Crippen LogP) is 4.48. The molecule has 0 saturated heterocycles. The fraction of sp³-hybridized carbons (Fsp3) is 0.148. The Morgan fingerprint density at radius 2 is 1.60 bits per heavy atom. The summed E-state index contributed by atoms with van der Waals surface area (Å²) in [7, 11) is 4.56. The molecule has 178 valence electrons. The smallest absolute Gasteiger partial charge is 0.337 e. The van der Waals surface area contributed by atoms with Crippen molar-refractivity contribution in [3.05, 3.63) is 89.6 Å². The Balaban J connectivity index is 1.41. The summed E-state index contributed by atoms with van der Waals surface area (Å²) < 4.78 is 15.5. The standard InChI is InChI=1S/C27H25N3O5/c1-33-21-12-13-24(34-2)22(14-21)23-16-28-25(30-23)18-6-4-17(5-7-18)15-29-26(31)19-8-10-20(11-9-19)27(32)35-3/h4-14,16H,15H2,1-3H3,(H,28,30)(H,29,31). The van der Waals surface area contributed by atoms with Crippen molar-refractivity contribution in [2.75, 3.05) is 21.3 Å². The molecule has 0 aliphatic carbocycles. The van der Waals surface area contributed by atoms with Crippen molar-refractivity contribution in [3.8, 4) is 34.1 Å². The molecule has 4 aromatic rings. The third-order valence-electron chi connectivity index (χ3n) is 5.52. The number of nitrogens with zero attached hydrogens (tertiary/aromatic N) is 1. The van der Waals surface area contributed by atoms with Crippen LogP contribution in [0.5, 0.6) is 11.5 Å². The number of benzene rings is 3. The van der Waals surface area contributed by atoms with Crippen molar-refractivity contribution < 1.29 is 23.8 Å². The second kappa shape index (κ2) is 10.6. The molecule has 0 spiro atoms. The van der Waals surface area contributed by atoms with E-state index in [-0.39, 0.29) is 5.91 Å². The van der Waals surface area contributed by atoms with Gasteiger partial charge in [0.25, 0.3) is 5.91 Å². The van der Waals surface area contributed by atoms with Crippen molar-refractivity contribution in [1.82, 2.24) is 15.3 Å². The number of ether oxygens (including phenoxy) is 3. The monoisotopic (exact) mass is 471 g/mol. The van der Waals surface area contributed by atoms with Gasteiger partial charge in [-0.2, -0.15) is 0 Å². The van der Waals surface area contributed by atoms with Crippen LogP contribution in [0.3, 0.4) is 0 Å². The number of carbonyl (C=O) groups is 2. The molecule has 0 aliphatic heterocycles. The predicted molar refractivity (Wildman–Crippen MR) is 132 cm³/mol. The number of rotatable bonds is 8. The molecule has 8 nitrogen and oxygen atoms in total. The van der Waals surface area contributed by atoms with Crippen molar-refractivity contribution >= 4 is 11.9 Å². The number of aromatic nitrogens is 2. The van der Waals surface area contributed by atoms with Crippen LogP contribution in [0.25, 0.3) is 22.6 Å². The highest BCUT2D eigenvalue weighted by molar-refractivity contribution is 5.96. The SMILES string of the molecule is COC(=O)c1ccc(C(=O)NCc2ccc(-c3ncc(-c4cc(OC)ccc4OC)[nH]3)cc2)cc1. The van der Waals surface area contributed by atoms with Gasteiger partial charge in [0.2, 0.25) is 0 Å². The lowest BCUT2D eigenvalue weighted by Gasteiger charge is -2.09. The Kier molecular flexibility index (Phi) is 7.11. The molecule has 0 atom stereocenters. The average molecular weight is 472 g/mol. The molecule has 0 bridgehead atoms. The van der Waals surface area contributed by atoms with Gasteiger partial charge in [-0.3, -0.25) is 4.79 Å². The van der Waals surface area contributed by atoms with Crippen LogP contribution in [-0.4, -0.2) is 43.2 Å². The highest BCUT2D eigenvalue weighted by atomic mass is 16.5. The molecule has 1 aromatic heterocycles. The van der Waals surface area contributed by atoms with Gasteiger partial charge in [0.05, 0.1) is 38.8 Å². The second-order valence-corrected chi connectivity index (χ2v) is 7.66. The van der Waals surface area contributed by atoms with E-state index in [1.54, 1.807) is 44.7 Å². The number of hydrogen-bond acceptors (Lipinski definition) is 6. The molecule has 0 aliphatic rings. The molecule has 0 unspecified atom stereocenters. The van der Waals surface area contributed by atoms with Crippen LogP contribution in [0, 0.1) is 0 Å². The van der Waals surface area contributed by atoms with Crippen molar-refractivity contribution in [2.45, 2.75) is 6.54 Å². The number of imidazole rings is 1. The molecule has 2 N–H and O–H groups in total. The van der Waals surface area contributed by atoms with E-state index >= 15 is 0 Å². The van der Waals surface area contributed by atoms with E-state index in [0.29, 0.717) is 29.2 Å². The van der Waals surface area contributed by atoms with Crippen LogP contribution in [0.4, 0.5) is 0 Å². The molecule has 1 heterocycles. The minimum Gasteiger partial charge on any atom is -0.497 e. The van der Waals surface area contributed by atoms with E-state index in [2.05, 4.69) is 20.0 Å². The average Bonchev–Trinajstić information content (AvgIpc) is 3.41. The van der Waals surface area contributed by atoms with Gasteiger partial charge in [-0.25, -0.2) is 9.78 Å². The molecule has 0 fully saturated rings. The maximum Gasteiger partial charge on any atom is 0.337 e. The van der Waals surface area contributed by atoms with Crippen molar-refractivity contribution in [1.29, 1.82) is 0 Å². The number of carbonyl (C=O) groups excluding carboxylic acids is 2. The summed E-state index contributed by atoms with van der Waals surface area (Å²) in [5.74, 6) is 1.48. The molecule has 35 heavy (non-hydrogen) atoms. The molecule has 0 radical (unpaired) electrons. The van der Waals surface area contributed by atoms with Crippen LogP contribution in [0.1, 0.15) is 26.3 Å². The number of H-pyrrole nitrogens is 1. The van der Waals surface area contributed by atoms with E-state index in [4.69, 9.17) is 9.47 Å². The van der Waals surface area contributed by atoms with Crippen molar-refractivity contribution in [3.63, 3.8) is 0 Å². The highest BCUT2D eigenvalue weighted by Crippen LogP contribution is 2.33. The summed E-state index contributed by atoms with van der Waals surface area (Å²) >= 11 is 0. The summed E-state index contributed by atoms with van der Waals surface area (Å²) in [6, 6.07) is 19.7. The third-order valence-corrected chi connectivity index (χ3v) is 5.52. The van der Waals surface area contributed by atoms with Gasteiger partial charge in [-0.15, -0.1) is 0 Å². The number of methoxy groups -OCH3 is 3. The Hall–Kier alpha value is -4.59. The molecule has 4 rings (SSSR count). The Morgan fingerprint density at radius 1 is 0.886 bits per heavy atom. The lowest BCUT2D eigenvalue weighted by Crippen LogP contribution is -2.22. The summed E-state index contributed by atoms with van der Waals surface area (Å²) in [6.07, 6.45) is 1.76. The zero-order valence-corrected chi connectivity index (χ0v) is 19.6. The zero-order valence-electron chi connectivity index (χ0n) is 19.6. The fourth-order valence-electron chi connectivity index (χ4n) is 3.57. The van der Waals surface area contributed by atoms with Crippen LogP contribution in [0.15, 0.2) is 72.9 Å². The Labute approximate surface area is 202 Å². The van der Waals surface area contributed by atoms with Gasteiger partial charge in [0, 0.05) is 23.2 Å². The first-order chi connectivity index (χ1) is 17.0. The first-order valence-electron chi connectivity index (χ1n) is 10.9. The topological polar surface area (TPSA) is 103 Å². The summed E-state index contributed by atoms with van der Waals surface area (Å²) in [5, 5.41) is 2.88. The quantitative estimate of drug-likeness (QED) is 0.368. The Bertz CT molecular complexity index is 1330. The largest absolute Gasteiger partial charge is 0.497 e. The van der Waals surface area contributed by atoms with Gasteiger partial charge >= 0.3 is 5.97 Å². The molecule has 3 aromatic carbocycles. The normalized spacial score (nSPS) is 10.5. The molecular formula is C27H25N3O5. The Morgan fingerprint density at radius 3 is 2.26 bits per heavy atom. The van der Waals surface area contributed by atoms with E-state index in [9.17, 15) is 9.59 Å². The van der Waals surface area contributed by atoms with Gasteiger partial charge in [-0.1, -0.05) is 24.3 Å². The lowest BCUT2D eigenvalue weighted by molar-refractivity contribution is 0.0600. The van der Waals surface area contributed by atoms with E-state index in [0.717, 1.165) is 28.1 Å². The third kappa shape index (κ3) is 5.33. The molecule has 8 heteroatoms. The number of aromatic amines is 1. The van der Waals surface area contributed by atoms with Crippen molar-refractivity contribution in [2.24, 2.45) is 0 Å². The zero-order chi connectivity index (χ0) is 24.8. The van der Waals surface area contributed by atoms with Crippen LogP contribution >= 0.6 is 0 Å². The maximum atomic E-state index is 12.4. The highest BCUT2D eigenvalue weighted by Gasteiger charge is 2.12. The first-order valence-corrected chi connectivity index (χ1v) is 10.9. The number of hydrogen-bond donors (Lipinski definition) is 2. The van der Waals surface area contributed by atoms with E-state index in [1.807, 2.05) is 42.5 Å². The summed E-state index contributed by atoms with van der Waals surface area (Å²) in [6.45, 7) is 0.363. The molecule has 0 saturated carbocycles. The molecule has 1 amide bonds. The van der Waals surface area contributed by atoms with Gasteiger partial charge in [-0.05, 0) is 48.0 Å². The van der Waals surface area contributed by atoms with Gasteiger partial charge < -0.3 is 24.5 Å². The van der Waals surface area contributed by atoms with Gasteiger partial charge in [0.1, 0.15) is 17.3 Å². The summed E-state index contributed by atoms with van der Waals surface area (Å²) in [4.78, 5) is 31.8. The van der Waals surface area contributed by atoms with Crippen LogP contribution in [-0.2, 0) is 11.3 Å². The van der Waals surface area contributed by atoms with E-state index < -0.39 is 5.97 Å². The van der Waals surface area contributed by atoms with Crippen LogP contribution in [0.2, 0.25) is 0 Å². The molecular weight excluding hydrogens is 446 g/mol.